The van der Waals surface area contributed by atoms with E-state index < -0.39 is 0 Å². The average Bonchev–Trinajstić information content (AvgIpc) is 3.08. The summed E-state index contributed by atoms with van der Waals surface area (Å²) in [6.45, 7) is 0.616. The van der Waals surface area contributed by atoms with E-state index in [1.54, 1.807) is 7.11 Å². The highest BCUT2D eigenvalue weighted by atomic mass is 16.5. The number of carbonyl (C=O) groups excluding carboxylic acids is 1. The molecular weight excluding hydrogens is 362 g/mol. The molecule has 0 radical (unpaired) electrons. The molecule has 1 aliphatic carbocycles. The Hall–Kier alpha value is -3.53. The summed E-state index contributed by atoms with van der Waals surface area (Å²) in [6.07, 6.45) is 0.694. The van der Waals surface area contributed by atoms with Crippen LogP contribution in [0.3, 0.4) is 0 Å². The van der Waals surface area contributed by atoms with Crippen LogP contribution < -0.4 is 4.74 Å². The molecular formula is C25H21NO3. The molecule has 4 aromatic rings. The Morgan fingerprint density at radius 3 is 2.55 bits per heavy atom. The number of aromatic nitrogens is 1. The maximum absolute atomic E-state index is 12.9. The highest BCUT2D eigenvalue weighted by Crippen LogP contribution is 2.43. The van der Waals surface area contributed by atoms with Crippen molar-refractivity contribution < 1.29 is 14.3 Å². The Kier molecular flexibility index (Phi) is 4.13. The van der Waals surface area contributed by atoms with Gasteiger partial charge < -0.3 is 14.0 Å². The van der Waals surface area contributed by atoms with Crippen LogP contribution in [0.1, 0.15) is 27.2 Å². The van der Waals surface area contributed by atoms with Crippen molar-refractivity contribution in [1.29, 1.82) is 0 Å². The second kappa shape index (κ2) is 6.82. The minimum Gasteiger partial charge on any atom is -0.497 e. The van der Waals surface area contributed by atoms with Crippen LogP contribution in [-0.2, 0) is 17.7 Å². The fourth-order valence-electron chi connectivity index (χ4n) is 4.42. The number of esters is 1. The van der Waals surface area contributed by atoms with Gasteiger partial charge in [-0.1, -0.05) is 48.5 Å². The number of rotatable bonds is 4. The highest BCUT2D eigenvalue weighted by molar-refractivity contribution is 6.07. The first kappa shape index (κ1) is 17.6. The second-order valence-electron chi connectivity index (χ2n) is 7.29. The molecule has 5 rings (SSSR count). The van der Waals surface area contributed by atoms with Gasteiger partial charge in [-0.25, -0.2) is 4.79 Å². The first-order valence-corrected chi connectivity index (χ1v) is 9.65. The molecule has 144 valence electrons. The number of ether oxygens (including phenoxy) is 2. The van der Waals surface area contributed by atoms with Gasteiger partial charge in [0.1, 0.15) is 11.4 Å². The fraction of sp³-hybridized carbons (Fsp3) is 0.160. The summed E-state index contributed by atoms with van der Waals surface area (Å²) in [4.78, 5) is 12.9. The van der Waals surface area contributed by atoms with Gasteiger partial charge in [0, 0.05) is 23.9 Å². The largest absolute Gasteiger partial charge is 0.497 e. The molecule has 29 heavy (non-hydrogen) atoms. The maximum Gasteiger partial charge on any atom is 0.355 e. The first-order valence-electron chi connectivity index (χ1n) is 9.65. The number of hydrogen-bond acceptors (Lipinski definition) is 3. The van der Waals surface area contributed by atoms with Crippen molar-refractivity contribution >= 4 is 16.9 Å². The highest BCUT2D eigenvalue weighted by Gasteiger charge is 2.29. The summed E-state index contributed by atoms with van der Waals surface area (Å²) in [6, 6.07) is 22.6. The van der Waals surface area contributed by atoms with Crippen LogP contribution in [0.2, 0.25) is 0 Å². The smallest absolute Gasteiger partial charge is 0.355 e. The third-order valence-corrected chi connectivity index (χ3v) is 5.73. The molecule has 0 N–H and O–H groups in total. The van der Waals surface area contributed by atoms with Crippen molar-refractivity contribution in [3.05, 3.63) is 89.1 Å². The van der Waals surface area contributed by atoms with E-state index >= 15 is 0 Å². The molecule has 0 unspecified atom stereocenters. The van der Waals surface area contributed by atoms with Crippen LogP contribution in [-0.4, -0.2) is 24.8 Å². The monoisotopic (exact) mass is 383 g/mol. The summed E-state index contributed by atoms with van der Waals surface area (Å²) in [5, 5.41) is 1.13. The summed E-state index contributed by atoms with van der Waals surface area (Å²) in [5.74, 6) is 0.538. The van der Waals surface area contributed by atoms with Crippen LogP contribution in [0.25, 0.3) is 22.0 Å². The molecule has 0 atom stereocenters. The van der Waals surface area contributed by atoms with Crippen molar-refractivity contribution in [2.75, 3.05) is 14.2 Å². The van der Waals surface area contributed by atoms with Gasteiger partial charge in [0.05, 0.1) is 14.2 Å². The van der Waals surface area contributed by atoms with E-state index in [9.17, 15) is 4.79 Å². The van der Waals surface area contributed by atoms with Gasteiger partial charge in [0.2, 0.25) is 0 Å². The third-order valence-electron chi connectivity index (χ3n) is 5.73. The zero-order valence-corrected chi connectivity index (χ0v) is 16.4. The van der Waals surface area contributed by atoms with Crippen LogP contribution in [0.4, 0.5) is 0 Å². The van der Waals surface area contributed by atoms with Gasteiger partial charge >= 0.3 is 5.97 Å². The first-order chi connectivity index (χ1) is 14.2. The van der Waals surface area contributed by atoms with E-state index in [1.807, 2.05) is 24.3 Å². The van der Waals surface area contributed by atoms with E-state index in [1.165, 1.54) is 12.7 Å². The Labute approximate surface area is 169 Å². The Morgan fingerprint density at radius 2 is 1.79 bits per heavy atom. The molecule has 0 fully saturated rings. The van der Waals surface area contributed by atoms with Gasteiger partial charge in [-0.15, -0.1) is 0 Å². The van der Waals surface area contributed by atoms with E-state index in [2.05, 4.69) is 47.0 Å². The van der Waals surface area contributed by atoms with Crippen molar-refractivity contribution in [1.82, 2.24) is 4.57 Å². The molecule has 1 aliphatic rings. The van der Waals surface area contributed by atoms with Crippen molar-refractivity contribution in [3.8, 4) is 16.9 Å². The molecule has 0 amide bonds. The van der Waals surface area contributed by atoms with Crippen molar-refractivity contribution in [3.63, 3.8) is 0 Å². The number of hydrogen-bond donors (Lipinski definition) is 0. The molecule has 1 heterocycles. The minimum absolute atomic E-state index is 0.296. The third kappa shape index (κ3) is 2.71. The Bertz CT molecular complexity index is 1240. The predicted octanol–water partition coefficient (Wildman–Crippen LogP) is 5.06. The topological polar surface area (TPSA) is 40.5 Å². The zero-order valence-electron chi connectivity index (χ0n) is 16.4. The quantitative estimate of drug-likeness (QED) is 0.408. The van der Waals surface area contributed by atoms with Crippen LogP contribution in [0.5, 0.6) is 5.75 Å². The number of nitrogens with zero attached hydrogens (tertiary/aromatic N) is 1. The molecule has 0 saturated carbocycles. The molecule has 0 bridgehead atoms. The maximum atomic E-state index is 12.9. The van der Waals surface area contributed by atoms with E-state index in [0.29, 0.717) is 18.7 Å². The lowest BCUT2D eigenvalue weighted by atomic mass is 9.85. The lowest BCUT2D eigenvalue weighted by molar-refractivity contribution is 0.0588. The minimum atomic E-state index is -0.296. The van der Waals surface area contributed by atoms with Gasteiger partial charge in [0.15, 0.2) is 0 Å². The molecule has 3 aromatic carbocycles. The molecule has 4 heteroatoms. The predicted molar refractivity (Wildman–Crippen MR) is 114 cm³/mol. The summed E-state index contributed by atoms with van der Waals surface area (Å²) in [5.41, 5.74) is 7.36. The molecule has 0 spiro atoms. The average molecular weight is 383 g/mol. The van der Waals surface area contributed by atoms with Gasteiger partial charge in [-0.2, -0.15) is 0 Å². The van der Waals surface area contributed by atoms with Crippen LogP contribution >= 0.6 is 0 Å². The number of fused-ring (bicyclic) bond motifs is 2. The molecule has 0 saturated heterocycles. The number of carbonyl (C=O) groups is 1. The van der Waals surface area contributed by atoms with Crippen LogP contribution in [0.15, 0.2) is 66.7 Å². The Morgan fingerprint density at radius 1 is 0.966 bits per heavy atom. The summed E-state index contributed by atoms with van der Waals surface area (Å²) in [7, 11) is 3.13. The summed E-state index contributed by atoms with van der Waals surface area (Å²) < 4.78 is 12.7. The zero-order chi connectivity index (χ0) is 20.0. The summed E-state index contributed by atoms with van der Waals surface area (Å²) >= 11 is 0. The standard InChI is InChI=1S/C25H21NO3/c1-28-18-12-11-17-13-21-23-19(20(17)14-18)9-6-10-22(23)26(24(21)25(27)29-2)15-16-7-4-3-5-8-16/h3-12,14H,13,15H2,1-2H3. The fourth-order valence-corrected chi connectivity index (χ4v) is 4.42. The van der Waals surface area contributed by atoms with Gasteiger partial charge in [0.25, 0.3) is 0 Å². The van der Waals surface area contributed by atoms with Gasteiger partial charge in [-0.3, -0.25) is 0 Å². The lowest BCUT2D eigenvalue weighted by Gasteiger charge is -2.18. The van der Waals surface area contributed by atoms with Crippen LogP contribution in [0, 0.1) is 0 Å². The van der Waals surface area contributed by atoms with Gasteiger partial charge in [-0.05, 0) is 46.0 Å². The number of benzene rings is 3. The van der Waals surface area contributed by atoms with E-state index in [0.717, 1.165) is 38.9 Å². The molecule has 0 aliphatic heterocycles. The van der Waals surface area contributed by atoms with Crippen molar-refractivity contribution in [2.45, 2.75) is 13.0 Å². The molecule has 4 nitrogen and oxygen atoms in total. The molecule has 1 aromatic heterocycles. The van der Waals surface area contributed by atoms with E-state index in [-0.39, 0.29) is 5.97 Å². The SMILES string of the molecule is COC(=O)c1c2c3c(cccc3n1Cc1ccccc1)-c1cc(OC)ccc1C2. The second-order valence-corrected chi connectivity index (χ2v) is 7.29. The number of methoxy groups -OCH3 is 2. The Balaban J connectivity index is 1.80. The van der Waals surface area contributed by atoms with E-state index in [4.69, 9.17) is 9.47 Å². The lowest BCUT2D eigenvalue weighted by Crippen LogP contribution is -2.14. The van der Waals surface area contributed by atoms with Crippen molar-refractivity contribution in [2.24, 2.45) is 0 Å². The normalized spacial score (nSPS) is 11.9.